The SMILES string of the molecule is C[C@@H]1CCc2c(sc3nc(CSc4nncs4)[nH]c(=O)c23)C1. The van der Waals surface area contributed by atoms with E-state index in [1.165, 1.54) is 21.8 Å². The Morgan fingerprint density at radius 1 is 1.50 bits per heavy atom. The Hall–Kier alpha value is -1.25. The van der Waals surface area contributed by atoms with E-state index in [0.29, 0.717) is 17.5 Å². The Kier molecular flexibility index (Phi) is 3.75. The van der Waals surface area contributed by atoms with Crippen molar-refractivity contribution in [1.82, 2.24) is 20.2 Å². The number of H-pyrrole nitrogens is 1. The molecule has 3 aromatic rings. The number of hydrogen-bond acceptors (Lipinski definition) is 7. The van der Waals surface area contributed by atoms with E-state index in [0.717, 1.165) is 33.8 Å². The number of fused-ring (bicyclic) bond motifs is 3. The fraction of sp³-hybridized carbons (Fsp3) is 0.429. The van der Waals surface area contributed by atoms with Crippen LogP contribution in [0, 0.1) is 5.92 Å². The minimum absolute atomic E-state index is 0.00455. The van der Waals surface area contributed by atoms with Gasteiger partial charge in [-0.25, -0.2) is 4.98 Å². The average Bonchev–Trinajstić information content (AvgIpc) is 3.11. The molecule has 0 radical (unpaired) electrons. The van der Waals surface area contributed by atoms with E-state index in [2.05, 4.69) is 27.1 Å². The molecule has 0 saturated carbocycles. The molecule has 22 heavy (non-hydrogen) atoms. The standard InChI is InChI=1S/C14H14N4OS3/c1-7-2-3-8-9(4-7)22-13-11(8)12(19)16-10(17-13)5-20-14-18-15-6-21-14/h6-7H,2-5H2,1H3,(H,16,17,19)/t7-/m1/s1. The molecule has 1 aliphatic rings. The molecule has 0 unspecified atom stereocenters. The predicted molar refractivity (Wildman–Crippen MR) is 90.9 cm³/mol. The third-order valence-electron chi connectivity index (χ3n) is 3.89. The lowest BCUT2D eigenvalue weighted by Crippen LogP contribution is -2.14. The van der Waals surface area contributed by atoms with Crippen LogP contribution in [0.25, 0.3) is 10.2 Å². The van der Waals surface area contributed by atoms with Crippen LogP contribution in [0.2, 0.25) is 0 Å². The molecular weight excluding hydrogens is 336 g/mol. The maximum Gasteiger partial charge on any atom is 0.259 e. The van der Waals surface area contributed by atoms with Gasteiger partial charge in [-0.15, -0.1) is 21.5 Å². The molecule has 0 fully saturated rings. The van der Waals surface area contributed by atoms with Gasteiger partial charge in [0.15, 0.2) is 4.34 Å². The first kappa shape index (κ1) is 14.3. The van der Waals surface area contributed by atoms with E-state index in [-0.39, 0.29) is 5.56 Å². The van der Waals surface area contributed by atoms with Gasteiger partial charge in [0.2, 0.25) is 0 Å². The summed E-state index contributed by atoms with van der Waals surface area (Å²) in [6.07, 6.45) is 3.23. The number of aromatic amines is 1. The lowest BCUT2D eigenvalue weighted by molar-refractivity contribution is 0.509. The lowest BCUT2D eigenvalue weighted by Gasteiger charge is -2.17. The number of rotatable bonds is 3. The molecule has 1 atom stereocenters. The van der Waals surface area contributed by atoms with Gasteiger partial charge in [0.1, 0.15) is 16.2 Å². The Bertz CT molecular complexity index is 868. The van der Waals surface area contributed by atoms with E-state index in [1.54, 1.807) is 28.6 Å². The van der Waals surface area contributed by atoms with Crippen molar-refractivity contribution in [3.8, 4) is 0 Å². The van der Waals surface area contributed by atoms with Gasteiger partial charge in [-0.05, 0) is 30.7 Å². The highest BCUT2D eigenvalue weighted by molar-refractivity contribution is 8.00. The molecule has 0 bridgehead atoms. The second-order valence-electron chi connectivity index (χ2n) is 5.54. The highest BCUT2D eigenvalue weighted by atomic mass is 32.2. The van der Waals surface area contributed by atoms with E-state index >= 15 is 0 Å². The fourth-order valence-corrected chi connectivity index (χ4v) is 5.58. The number of hydrogen-bond donors (Lipinski definition) is 1. The highest BCUT2D eigenvalue weighted by Gasteiger charge is 2.23. The van der Waals surface area contributed by atoms with E-state index in [1.807, 2.05) is 0 Å². The molecule has 3 heterocycles. The van der Waals surface area contributed by atoms with Gasteiger partial charge >= 0.3 is 0 Å². The molecule has 0 aromatic carbocycles. The number of thioether (sulfide) groups is 1. The molecule has 0 spiro atoms. The van der Waals surface area contributed by atoms with Crippen molar-refractivity contribution in [3.05, 3.63) is 32.1 Å². The maximum atomic E-state index is 12.5. The predicted octanol–water partition coefficient (Wildman–Crippen LogP) is 3.25. The molecule has 1 N–H and O–H groups in total. The molecule has 114 valence electrons. The topological polar surface area (TPSA) is 71.5 Å². The van der Waals surface area contributed by atoms with E-state index in [9.17, 15) is 4.79 Å². The maximum absolute atomic E-state index is 12.5. The average molecular weight is 350 g/mol. The van der Waals surface area contributed by atoms with Crippen molar-refractivity contribution in [1.29, 1.82) is 0 Å². The minimum atomic E-state index is 0.00455. The van der Waals surface area contributed by atoms with Crippen LogP contribution < -0.4 is 5.56 Å². The normalized spacial score (nSPS) is 17.8. The highest BCUT2D eigenvalue weighted by Crippen LogP contribution is 2.35. The van der Waals surface area contributed by atoms with Gasteiger partial charge in [0, 0.05) is 4.88 Å². The van der Waals surface area contributed by atoms with Crippen LogP contribution in [0.5, 0.6) is 0 Å². The van der Waals surface area contributed by atoms with Gasteiger partial charge in [-0.2, -0.15) is 0 Å². The molecule has 0 aliphatic heterocycles. The van der Waals surface area contributed by atoms with Crippen LogP contribution in [-0.2, 0) is 18.6 Å². The largest absolute Gasteiger partial charge is 0.309 e. The summed E-state index contributed by atoms with van der Waals surface area (Å²) in [6.45, 7) is 2.27. The minimum Gasteiger partial charge on any atom is -0.309 e. The van der Waals surface area contributed by atoms with Crippen molar-refractivity contribution < 1.29 is 0 Å². The van der Waals surface area contributed by atoms with Gasteiger partial charge in [0.25, 0.3) is 5.56 Å². The fourth-order valence-electron chi connectivity index (χ4n) is 2.82. The van der Waals surface area contributed by atoms with Crippen LogP contribution in [0.3, 0.4) is 0 Å². The zero-order valence-corrected chi connectivity index (χ0v) is 14.4. The van der Waals surface area contributed by atoms with Crippen LogP contribution >= 0.6 is 34.4 Å². The number of aryl methyl sites for hydroxylation is 1. The van der Waals surface area contributed by atoms with Gasteiger partial charge < -0.3 is 4.98 Å². The van der Waals surface area contributed by atoms with E-state index in [4.69, 9.17) is 0 Å². The number of nitrogens with zero attached hydrogens (tertiary/aromatic N) is 3. The second kappa shape index (κ2) is 5.75. The molecule has 4 rings (SSSR count). The smallest absolute Gasteiger partial charge is 0.259 e. The van der Waals surface area contributed by atoms with Crippen molar-refractivity contribution >= 4 is 44.7 Å². The van der Waals surface area contributed by atoms with Crippen molar-refractivity contribution in [2.24, 2.45) is 5.92 Å². The van der Waals surface area contributed by atoms with Crippen LogP contribution in [0.4, 0.5) is 0 Å². The van der Waals surface area contributed by atoms with Gasteiger partial charge in [-0.3, -0.25) is 4.79 Å². The quantitative estimate of drug-likeness (QED) is 0.734. The summed E-state index contributed by atoms with van der Waals surface area (Å²) in [5.74, 6) is 2.02. The van der Waals surface area contributed by atoms with Crippen molar-refractivity contribution in [3.63, 3.8) is 0 Å². The summed E-state index contributed by atoms with van der Waals surface area (Å²) in [4.78, 5) is 22.3. The monoisotopic (exact) mass is 350 g/mol. The zero-order valence-electron chi connectivity index (χ0n) is 12.0. The van der Waals surface area contributed by atoms with Gasteiger partial charge in [-0.1, -0.05) is 30.0 Å². The Labute approximate surface area is 139 Å². The Morgan fingerprint density at radius 2 is 2.41 bits per heavy atom. The van der Waals surface area contributed by atoms with Crippen molar-refractivity contribution in [2.75, 3.05) is 0 Å². The molecule has 0 saturated heterocycles. The summed E-state index contributed by atoms with van der Waals surface area (Å²) in [5.41, 5.74) is 2.94. The van der Waals surface area contributed by atoms with Crippen LogP contribution in [0.15, 0.2) is 14.6 Å². The summed E-state index contributed by atoms with van der Waals surface area (Å²) in [6, 6.07) is 0. The van der Waals surface area contributed by atoms with E-state index < -0.39 is 0 Å². The second-order valence-corrected chi connectivity index (χ2v) is 8.68. The summed E-state index contributed by atoms with van der Waals surface area (Å²) < 4.78 is 0.891. The first-order valence-corrected chi connectivity index (χ1v) is 9.81. The third kappa shape index (κ3) is 2.59. The zero-order chi connectivity index (χ0) is 15.1. The van der Waals surface area contributed by atoms with Crippen LogP contribution in [-0.4, -0.2) is 20.2 Å². The number of aromatic nitrogens is 4. The Morgan fingerprint density at radius 3 is 3.23 bits per heavy atom. The van der Waals surface area contributed by atoms with Crippen molar-refractivity contribution in [2.45, 2.75) is 36.3 Å². The summed E-state index contributed by atoms with van der Waals surface area (Å²) in [5, 5.41) is 8.62. The first-order chi connectivity index (χ1) is 10.7. The van der Waals surface area contributed by atoms with Gasteiger partial charge in [0.05, 0.1) is 11.1 Å². The molecular formula is C14H14N4OS3. The molecule has 3 aromatic heterocycles. The summed E-state index contributed by atoms with van der Waals surface area (Å²) in [7, 11) is 0. The molecule has 0 amide bonds. The Balaban J connectivity index is 1.69. The first-order valence-electron chi connectivity index (χ1n) is 7.13. The van der Waals surface area contributed by atoms with Crippen LogP contribution in [0.1, 0.15) is 29.6 Å². The number of thiophene rings is 1. The lowest BCUT2D eigenvalue weighted by atomic mass is 9.89. The third-order valence-corrected chi connectivity index (χ3v) is 6.91. The molecule has 8 heteroatoms. The summed E-state index contributed by atoms with van der Waals surface area (Å²) >= 11 is 4.73. The molecule has 5 nitrogen and oxygen atoms in total. The molecule has 1 aliphatic carbocycles. The number of nitrogens with one attached hydrogen (secondary N) is 1.